The summed E-state index contributed by atoms with van der Waals surface area (Å²) in [6.45, 7) is 3.72. The van der Waals surface area contributed by atoms with Crippen molar-refractivity contribution in [1.29, 1.82) is 0 Å². The Balaban J connectivity index is 1.61. The average molecular weight is 375 g/mol. The van der Waals surface area contributed by atoms with E-state index in [1.807, 2.05) is 19.9 Å². The Bertz CT molecular complexity index is 1030. The first-order valence-electron chi connectivity index (χ1n) is 7.96. The molecule has 0 radical (unpaired) electrons. The summed E-state index contributed by atoms with van der Waals surface area (Å²) in [5.41, 5.74) is 1.43. The summed E-state index contributed by atoms with van der Waals surface area (Å²) in [6, 6.07) is 8.56. The minimum atomic E-state index is -3.64. The SMILES string of the molecule is Cc1cccc(S(=O)(=O)Nc2cc(-c3nnc(C4CC4)o3)sc2C)c1. The molecule has 2 heterocycles. The number of nitrogens with zero attached hydrogens (tertiary/aromatic N) is 2. The first kappa shape index (κ1) is 16.3. The fourth-order valence-electron chi connectivity index (χ4n) is 2.50. The van der Waals surface area contributed by atoms with E-state index in [1.54, 1.807) is 24.3 Å². The molecule has 130 valence electrons. The van der Waals surface area contributed by atoms with E-state index >= 15 is 0 Å². The third kappa shape index (κ3) is 3.32. The summed E-state index contributed by atoms with van der Waals surface area (Å²) in [4.78, 5) is 1.85. The van der Waals surface area contributed by atoms with Gasteiger partial charge in [0.15, 0.2) is 0 Å². The molecule has 8 heteroatoms. The van der Waals surface area contributed by atoms with Crippen molar-refractivity contribution >= 4 is 27.0 Å². The molecule has 0 amide bonds. The van der Waals surface area contributed by atoms with Gasteiger partial charge in [-0.05, 0) is 50.5 Å². The van der Waals surface area contributed by atoms with E-state index in [2.05, 4.69) is 14.9 Å². The Hall–Kier alpha value is -2.19. The molecule has 1 aliphatic rings. The van der Waals surface area contributed by atoms with Crippen molar-refractivity contribution in [2.75, 3.05) is 4.72 Å². The number of aromatic nitrogens is 2. The van der Waals surface area contributed by atoms with Gasteiger partial charge < -0.3 is 4.42 Å². The van der Waals surface area contributed by atoms with Gasteiger partial charge in [0.1, 0.15) is 0 Å². The molecule has 0 saturated heterocycles. The van der Waals surface area contributed by atoms with Crippen LogP contribution in [0, 0.1) is 13.8 Å². The van der Waals surface area contributed by atoms with Crippen molar-refractivity contribution in [3.63, 3.8) is 0 Å². The lowest BCUT2D eigenvalue weighted by Crippen LogP contribution is -2.13. The van der Waals surface area contributed by atoms with E-state index in [0.717, 1.165) is 28.2 Å². The highest BCUT2D eigenvalue weighted by Gasteiger charge is 2.30. The second kappa shape index (κ2) is 5.96. The minimum absolute atomic E-state index is 0.244. The maximum absolute atomic E-state index is 12.6. The Kier molecular flexibility index (Phi) is 3.88. The van der Waals surface area contributed by atoms with E-state index in [1.165, 1.54) is 11.3 Å². The molecular formula is C17H17N3O3S2. The zero-order valence-electron chi connectivity index (χ0n) is 13.8. The van der Waals surface area contributed by atoms with Crippen LogP contribution in [-0.4, -0.2) is 18.6 Å². The van der Waals surface area contributed by atoms with Crippen LogP contribution in [0.15, 0.2) is 39.6 Å². The van der Waals surface area contributed by atoms with Crippen LogP contribution < -0.4 is 4.72 Å². The highest BCUT2D eigenvalue weighted by molar-refractivity contribution is 7.92. The van der Waals surface area contributed by atoms with Crippen LogP contribution in [0.5, 0.6) is 0 Å². The molecule has 0 bridgehead atoms. The molecule has 0 spiro atoms. The number of hydrogen-bond acceptors (Lipinski definition) is 6. The predicted molar refractivity (Wildman–Crippen MR) is 96.3 cm³/mol. The van der Waals surface area contributed by atoms with Crippen LogP contribution in [0.1, 0.15) is 35.1 Å². The number of sulfonamides is 1. The Morgan fingerprint density at radius 3 is 2.72 bits per heavy atom. The van der Waals surface area contributed by atoms with Gasteiger partial charge >= 0.3 is 0 Å². The van der Waals surface area contributed by atoms with Crippen molar-refractivity contribution in [1.82, 2.24) is 10.2 Å². The highest BCUT2D eigenvalue weighted by atomic mass is 32.2. The van der Waals surface area contributed by atoms with Gasteiger partial charge in [-0.25, -0.2) is 8.42 Å². The van der Waals surface area contributed by atoms with Crippen molar-refractivity contribution in [2.45, 2.75) is 37.5 Å². The van der Waals surface area contributed by atoms with Gasteiger partial charge in [-0.1, -0.05) is 12.1 Å². The van der Waals surface area contributed by atoms with Crippen LogP contribution in [-0.2, 0) is 10.0 Å². The molecule has 6 nitrogen and oxygen atoms in total. The number of aryl methyl sites for hydroxylation is 2. The zero-order valence-corrected chi connectivity index (χ0v) is 15.4. The maximum atomic E-state index is 12.6. The first-order valence-corrected chi connectivity index (χ1v) is 10.3. The number of benzene rings is 1. The topological polar surface area (TPSA) is 85.1 Å². The lowest BCUT2D eigenvalue weighted by molar-refractivity contribution is 0.509. The van der Waals surface area contributed by atoms with Crippen molar-refractivity contribution in [2.24, 2.45) is 0 Å². The van der Waals surface area contributed by atoms with Crippen molar-refractivity contribution in [3.05, 3.63) is 46.7 Å². The van der Waals surface area contributed by atoms with Crippen LogP contribution in [0.3, 0.4) is 0 Å². The van der Waals surface area contributed by atoms with Crippen LogP contribution in [0.25, 0.3) is 10.8 Å². The van der Waals surface area contributed by atoms with Crippen molar-refractivity contribution in [3.8, 4) is 10.8 Å². The molecule has 2 aromatic heterocycles. The monoisotopic (exact) mass is 375 g/mol. The van der Waals surface area contributed by atoms with Crippen LogP contribution in [0.4, 0.5) is 5.69 Å². The second-order valence-corrected chi connectivity index (χ2v) is 9.16. The smallest absolute Gasteiger partial charge is 0.261 e. The largest absolute Gasteiger partial charge is 0.420 e. The summed E-state index contributed by atoms with van der Waals surface area (Å²) in [6.07, 6.45) is 2.18. The molecule has 1 fully saturated rings. The van der Waals surface area contributed by atoms with Gasteiger partial charge in [-0.15, -0.1) is 21.5 Å². The minimum Gasteiger partial charge on any atom is -0.420 e. The van der Waals surface area contributed by atoms with Crippen LogP contribution in [0.2, 0.25) is 0 Å². The standard InChI is InChI=1S/C17H17N3O3S2/c1-10-4-3-5-13(8-10)25(21,22)20-14-9-15(24-11(14)2)17-19-18-16(23-17)12-6-7-12/h3-5,8-9,12,20H,6-7H2,1-2H3. The number of nitrogens with one attached hydrogen (secondary N) is 1. The number of thiophene rings is 1. The molecule has 1 saturated carbocycles. The third-order valence-electron chi connectivity index (χ3n) is 4.04. The lowest BCUT2D eigenvalue weighted by Gasteiger charge is -2.07. The lowest BCUT2D eigenvalue weighted by atomic mass is 10.2. The molecule has 4 rings (SSSR count). The molecule has 1 aromatic carbocycles. The molecule has 3 aromatic rings. The van der Waals surface area contributed by atoms with Gasteiger partial charge in [0.2, 0.25) is 5.89 Å². The van der Waals surface area contributed by atoms with E-state index < -0.39 is 10.0 Å². The quantitative estimate of drug-likeness (QED) is 0.726. The van der Waals surface area contributed by atoms with Gasteiger partial charge in [0.25, 0.3) is 15.9 Å². The normalized spacial score (nSPS) is 14.6. The highest BCUT2D eigenvalue weighted by Crippen LogP contribution is 2.41. The Morgan fingerprint density at radius 2 is 2.00 bits per heavy atom. The summed E-state index contributed by atoms with van der Waals surface area (Å²) >= 11 is 1.43. The van der Waals surface area contributed by atoms with Gasteiger partial charge in [0, 0.05) is 10.8 Å². The molecule has 0 unspecified atom stereocenters. The average Bonchev–Trinajstić information content (AvgIpc) is 3.19. The molecule has 1 aliphatic carbocycles. The van der Waals surface area contributed by atoms with E-state index in [4.69, 9.17) is 4.42 Å². The number of rotatable bonds is 5. The van der Waals surface area contributed by atoms with E-state index in [0.29, 0.717) is 23.4 Å². The Labute approximate surface area is 150 Å². The summed E-state index contributed by atoms with van der Waals surface area (Å²) < 4.78 is 33.5. The van der Waals surface area contributed by atoms with Gasteiger partial charge in [-0.2, -0.15) is 0 Å². The third-order valence-corrected chi connectivity index (χ3v) is 6.44. The Morgan fingerprint density at radius 1 is 1.20 bits per heavy atom. The van der Waals surface area contributed by atoms with E-state index in [-0.39, 0.29) is 4.90 Å². The fraction of sp³-hybridized carbons (Fsp3) is 0.294. The molecule has 1 N–H and O–H groups in total. The van der Waals surface area contributed by atoms with Gasteiger partial charge in [0.05, 0.1) is 15.5 Å². The van der Waals surface area contributed by atoms with E-state index in [9.17, 15) is 8.42 Å². The number of hydrogen-bond donors (Lipinski definition) is 1. The maximum Gasteiger partial charge on any atom is 0.261 e. The van der Waals surface area contributed by atoms with Crippen LogP contribution >= 0.6 is 11.3 Å². The van der Waals surface area contributed by atoms with Gasteiger partial charge in [-0.3, -0.25) is 4.72 Å². The summed E-state index contributed by atoms with van der Waals surface area (Å²) in [5, 5.41) is 8.16. The fourth-order valence-corrected chi connectivity index (χ4v) is 4.68. The zero-order chi connectivity index (χ0) is 17.6. The molecule has 25 heavy (non-hydrogen) atoms. The number of anilines is 1. The predicted octanol–water partition coefficient (Wildman–Crippen LogP) is 4.09. The molecular weight excluding hydrogens is 358 g/mol. The molecule has 0 atom stereocenters. The molecule has 0 aliphatic heterocycles. The summed E-state index contributed by atoms with van der Waals surface area (Å²) in [5.74, 6) is 1.50. The summed E-state index contributed by atoms with van der Waals surface area (Å²) in [7, 11) is -3.64. The second-order valence-electron chi connectivity index (χ2n) is 6.22. The first-order chi connectivity index (χ1) is 11.9. The van der Waals surface area contributed by atoms with Crippen molar-refractivity contribution < 1.29 is 12.8 Å².